The fourth-order valence-electron chi connectivity index (χ4n) is 2.92. The molecule has 0 amide bonds. The maximum Gasteiger partial charge on any atom is 0.108 e. The molecular weight excluding hydrogens is 226 g/mol. The number of nitrogens with zero attached hydrogens (tertiary/aromatic N) is 3. The van der Waals surface area contributed by atoms with Crippen molar-refractivity contribution < 1.29 is 5.11 Å². The minimum absolute atomic E-state index is 0.312. The molecule has 1 N–H and O–H groups in total. The summed E-state index contributed by atoms with van der Waals surface area (Å²) < 4.78 is 2.25. The first-order valence-electron chi connectivity index (χ1n) is 7.20. The van der Waals surface area contributed by atoms with Crippen LogP contribution in [0.3, 0.4) is 0 Å². The standard InChI is InChI=1S/C14H25N3O/c1-2-14-15-7-9-17(14)11-10-16-8-4-3-5-13(16)6-12-18/h7,9,13,18H,2-6,8,10-12H2,1H3/t13-/m0/s1. The zero-order valence-corrected chi connectivity index (χ0v) is 11.4. The van der Waals surface area contributed by atoms with Crippen LogP contribution in [0.15, 0.2) is 12.4 Å². The summed E-state index contributed by atoms with van der Waals surface area (Å²) in [5, 5.41) is 9.13. The maximum absolute atomic E-state index is 9.13. The van der Waals surface area contributed by atoms with Crippen LogP contribution in [-0.4, -0.2) is 45.3 Å². The highest BCUT2D eigenvalue weighted by molar-refractivity contribution is 4.92. The number of aryl methyl sites for hydroxylation is 1. The lowest BCUT2D eigenvalue weighted by Crippen LogP contribution is -2.41. The fourth-order valence-corrected chi connectivity index (χ4v) is 2.92. The van der Waals surface area contributed by atoms with Crippen LogP contribution < -0.4 is 0 Å². The van der Waals surface area contributed by atoms with Gasteiger partial charge in [0.25, 0.3) is 0 Å². The topological polar surface area (TPSA) is 41.3 Å². The van der Waals surface area contributed by atoms with Gasteiger partial charge in [-0.3, -0.25) is 4.90 Å². The Kier molecular flexibility index (Phi) is 5.20. The molecule has 1 aromatic rings. The zero-order valence-electron chi connectivity index (χ0n) is 11.4. The first-order chi connectivity index (χ1) is 8.85. The second-order valence-corrected chi connectivity index (χ2v) is 5.09. The van der Waals surface area contributed by atoms with E-state index in [1.807, 2.05) is 6.20 Å². The van der Waals surface area contributed by atoms with Gasteiger partial charge in [-0.25, -0.2) is 4.98 Å². The van der Waals surface area contributed by atoms with Gasteiger partial charge in [0, 0.05) is 44.6 Å². The van der Waals surface area contributed by atoms with E-state index in [-0.39, 0.29) is 0 Å². The Morgan fingerprint density at radius 3 is 3.06 bits per heavy atom. The van der Waals surface area contributed by atoms with Gasteiger partial charge in [-0.1, -0.05) is 13.3 Å². The highest BCUT2D eigenvalue weighted by Gasteiger charge is 2.21. The number of hydrogen-bond acceptors (Lipinski definition) is 3. The third-order valence-corrected chi connectivity index (χ3v) is 3.96. The maximum atomic E-state index is 9.13. The molecule has 0 saturated carbocycles. The van der Waals surface area contributed by atoms with Crippen molar-refractivity contribution in [3.05, 3.63) is 18.2 Å². The molecule has 4 heteroatoms. The largest absolute Gasteiger partial charge is 0.396 e. The minimum atomic E-state index is 0.312. The number of aromatic nitrogens is 2. The summed E-state index contributed by atoms with van der Waals surface area (Å²) in [6, 6.07) is 0.581. The van der Waals surface area contributed by atoms with Gasteiger partial charge in [0.2, 0.25) is 0 Å². The number of imidazole rings is 1. The lowest BCUT2D eigenvalue weighted by Gasteiger charge is -2.35. The first-order valence-corrected chi connectivity index (χ1v) is 7.20. The smallest absolute Gasteiger partial charge is 0.108 e. The summed E-state index contributed by atoms with van der Waals surface area (Å²) >= 11 is 0. The van der Waals surface area contributed by atoms with Gasteiger partial charge < -0.3 is 9.67 Å². The lowest BCUT2D eigenvalue weighted by atomic mass is 10.00. The van der Waals surface area contributed by atoms with Gasteiger partial charge in [0.1, 0.15) is 5.82 Å². The third kappa shape index (κ3) is 3.33. The molecule has 1 aromatic heterocycles. The Hall–Kier alpha value is -0.870. The molecule has 0 aromatic carbocycles. The van der Waals surface area contributed by atoms with Gasteiger partial charge in [0.05, 0.1) is 0 Å². The van der Waals surface area contributed by atoms with E-state index in [1.165, 1.54) is 31.6 Å². The molecule has 4 nitrogen and oxygen atoms in total. The molecule has 2 rings (SSSR count). The third-order valence-electron chi connectivity index (χ3n) is 3.96. The average molecular weight is 251 g/mol. The van der Waals surface area contributed by atoms with E-state index in [2.05, 4.69) is 27.6 Å². The Bertz CT molecular complexity index is 349. The number of rotatable bonds is 6. The number of likely N-dealkylation sites (tertiary alicyclic amines) is 1. The number of piperidine rings is 1. The van der Waals surface area contributed by atoms with Gasteiger partial charge in [-0.15, -0.1) is 0 Å². The van der Waals surface area contributed by atoms with Crippen LogP contribution in [0.1, 0.15) is 38.4 Å². The van der Waals surface area contributed by atoms with Crippen LogP contribution in [0.4, 0.5) is 0 Å². The molecule has 0 unspecified atom stereocenters. The van der Waals surface area contributed by atoms with Crippen molar-refractivity contribution in [2.45, 2.75) is 51.6 Å². The second kappa shape index (κ2) is 6.90. The van der Waals surface area contributed by atoms with E-state index in [0.29, 0.717) is 12.6 Å². The molecule has 0 bridgehead atoms. The predicted octanol–water partition coefficient (Wildman–Crippen LogP) is 1.68. The molecule has 0 radical (unpaired) electrons. The Labute approximate surface area is 110 Å². The summed E-state index contributed by atoms with van der Waals surface area (Å²) in [5.41, 5.74) is 0. The molecule has 0 aliphatic carbocycles. The van der Waals surface area contributed by atoms with Crippen molar-refractivity contribution in [1.82, 2.24) is 14.5 Å². The Morgan fingerprint density at radius 1 is 1.39 bits per heavy atom. The first kappa shape index (κ1) is 13.6. The Morgan fingerprint density at radius 2 is 2.28 bits per heavy atom. The van der Waals surface area contributed by atoms with Crippen LogP contribution in [0.2, 0.25) is 0 Å². The summed E-state index contributed by atoms with van der Waals surface area (Å²) in [7, 11) is 0. The molecule has 2 heterocycles. The highest BCUT2D eigenvalue weighted by atomic mass is 16.3. The summed E-state index contributed by atoms with van der Waals surface area (Å²) in [4.78, 5) is 6.90. The molecule has 1 fully saturated rings. The van der Waals surface area contributed by atoms with Crippen molar-refractivity contribution in [2.75, 3.05) is 19.7 Å². The zero-order chi connectivity index (χ0) is 12.8. The number of aliphatic hydroxyl groups is 1. The Balaban J connectivity index is 1.87. The lowest BCUT2D eigenvalue weighted by molar-refractivity contribution is 0.115. The molecule has 1 aliphatic rings. The van der Waals surface area contributed by atoms with Crippen LogP contribution in [0.25, 0.3) is 0 Å². The molecule has 1 aliphatic heterocycles. The van der Waals surface area contributed by atoms with Crippen molar-refractivity contribution in [1.29, 1.82) is 0 Å². The summed E-state index contributed by atoms with van der Waals surface area (Å²) in [6.45, 7) is 5.74. The van der Waals surface area contributed by atoms with E-state index in [9.17, 15) is 0 Å². The van der Waals surface area contributed by atoms with Gasteiger partial charge >= 0.3 is 0 Å². The number of hydrogen-bond donors (Lipinski definition) is 1. The molecule has 1 atom stereocenters. The normalized spacial score (nSPS) is 21.3. The van der Waals surface area contributed by atoms with E-state index in [1.54, 1.807) is 0 Å². The van der Waals surface area contributed by atoms with Crippen molar-refractivity contribution in [3.8, 4) is 0 Å². The van der Waals surface area contributed by atoms with Crippen LogP contribution in [0, 0.1) is 0 Å². The fraction of sp³-hybridized carbons (Fsp3) is 0.786. The number of aliphatic hydroxyl groups excluding tert-OH is 1. The molecule has 18 heavy (non-hydrogen) atoms. The van der Waals surface area contributed by atoms with E-state index in [0.717, 1.165) is 25.9 Å². The highest BCUT2D eigenvalue weighted by Crippen LogP contribution is 2.19. The van der Waals surface area contributed by atoms with Crippen LogP contribution in [0.5, 0.6) is 0 Å². The average Bonchev–Trinajstić information content (AvgIpc) is 2.85. The SMILES string of the molecule is CCc1nccn1CCN1CCCC[C@H]1CCO. The monoisotopic (exact) mass is 251 g/mol. The van der Waals surface area contributed by atoms with Gasteiger partial charge in [-0.2, -0.15) is 0 Å². The van der Waals surface area contributed by atoms with Crippen molar-refractivity contribution in [2.24, 2.45) is 0 Å². The van der Waals surface area contributed by atoms with Crippen molar-refractivity contribution in [3.63, 3.8) is 0 Å². The van der Waals surface area contributed by atoms with Gasteiger partial charge in [0.15, 0.2) is 0 Å². The summed E-state index contributed by atoms with van der Waals surface area (Å²) in [6.07, 6.45) is 9.73. The van der Waals surface area contributed by atoms with Crippen LogP contribution >= 0.6 is 0 Å². The van der Waals surface area contributed by atoms with Crippen LogP contribution in [-0.2, 0) is 13.0 Å². The van der Waals surface area contributed by atoms with Crippen molar-refractivity contribution >= 4 is 0 Å². The molecule has 1 saturated heterocycles. The van der Waals surface area contributed by atoms with E-state index < -0.39 is 0 Å². The van der Waals surface area contributed by atoms with E-state index >= 15 is 0 Å². The van der Waals surface area contributed by atoms with Gasteiger partial charge in [-0.05, 0) is 25.8 Å². The second-order valence-electron chi connectivity index (χ2n) is 5.09. The molecule has 0 spiro atoms. The molecular formula is C14H25N3O. The quantitative estimate of drug-likeness (QED) is 0.836. The minimum Gasteiger partial charge on any atom is -0.396 e. The summed E-state index contributed by atoms with van der Waals surface area (Å²) in [5.74, 6) is 1.17. The predicted molar refractivity (Wildman–Crippen MR) is 72.5 cm³/mol. The van der Waals surface area contributed by atoms with E-state index in [4.69, 9.17) is 5.11 Å². The molecule has 102 valence electrons.